The number of aromatic nitrogens is 3. The number of nitrogens with zero attached hydrogens (tertiary/aromatic N) is 3. The van der Waals surface area contributed by atoms with E-state index in [2.05, 4.69) is 16.1 Å². The van der Waals surface area contributed by atoms with Gasteiger partial charge in [-0.15, -0.1) is 11.3 Å². The van der Waals surface area contributed by atoms with Crippen molar-refractivity contribution < 1.29 is 0 Å². The van der Waals surface area contributed by atoms with Crippen molar-refractivity contribution in [3.8, 4) is 10.4 Å². The monoisotopic (exact) mass is 278 g/mol. The quantitative estimate of drug-likeness (QED) is 0.743. The number of rotatable bonds is 1. The first-order chi connectivity index (χ1) is 8.56. The number of thiophene rings is 1. The van der Waals surface area contributed by atoms with Crippen LogP contribution in [0.25, 0.3) is 20.7 Å². The van der Waals surface area contributed by atoms with Crippen LogP contribution in [0.5, 0.6) is 0 Å². The fraction of sp³-hybridized carbons (Fsp3) is 0.167. The molecule has 0 aliphatic carbocycles. The van der Waals surface area contributed by atoms with Gasteiger partial charge in [-0.1, -0.05) is 11.6 Å². The Morgan fingerprint density at radius 1 is 1.39 bits per heavy atom. The molecule has 0 aliphatic rings. The van der Waals surface area contributed by atoms with Crippen LogP contribution in [-0.2, 0) is 7.05 Å². The van der Waals surface area contributed by atoms with E-state index in [0.29, 0.717) is 10.8 Å². The van der Waals surface area contributed by atoms with Gasteiger partial charge in [-0.3, -0.25) is 4.68 Å². The molecule has 6 heteroatoms. The minimum absolute atomic E-state index is 0.361. The number of halogens is 1. The van der Waals surface area contributed by atoms with Gasteiger partial charge >= 0.3 is 0 Å². The first-order valence-corrected chi connectivity index (χ1v) is 6.60. The molecule has 0 atom stereocenters. The van der Waals surface area contributed by atoms with Crippen LogP contribution >= 0.6 is 22.9 Å². The summed E-state index contributed by atoms with van der Waals surface area (Å²) in [5.41, 5.74) is 7.63. The van der Waals surface area contributed by atoms with E-state index in [-0.39, 0.29) is 0 Å². The van der Waals surface area contributed by atoms with Crippen molar-refractivity contribution >= 4 is 39.0 Å². The highest BCUT2D eigenvalue weighted by molar-refractivity contribution is 7.21. The highest BCUT2D eigenvalue weighted by atomic mass is 35.5. The molecular formula is C12H11ClN4S. The Hall–Kier alpha value is -1.59. The van der Waals surface area contributed by atoms with Crippen LogP contribution in [0, 0.1) is 6.92 Å². The summed E-state index contributed by atoms with van der Waals surface area (Å²) < 4.78 is 1.89. The molecule has 2 N–H and O–H groups in total. The summed E-state index contributed by atoms with van der Waals surface area (Å²) in [5.74, 6) is 0.361. The number of nitrogens with two attached hydrogens (primary N) is 1. The molecule has 4 nitrogen and oxygen atoms in total. The van der Waals surface area contributed by atoms with Crippen LogP contribution in [0.15, 0.2) is 18.3 Å². The Bertz CT molecular complexity index is 709. The SMILES string of the molecule is Cc1nn(C)c2sc(-c3cnc(N)c(Cl)c3)cc12. The number of fused-ring (bicyclic) bond motifs is 1. The molecule has 0 fully saturated rings. The summed E-state index contributed by atoms with van der Waals surface area (Å²) in [6.45, 7) is 2.01. The first-order valence-electron chi connectivity index (χ1n) is 5.41. The second-order valence-corrected chi connectivity index (χ2v) is 5.57. The van der Waals surface area contributed by atoms with E-state index in [0.717, 1.165) is 21.0 Å². The average molecular weight is 279 g/mol. The molecule has 0 spiro atoms. The molecule has 0 unspecified atom stereocenters. The van der Waals surface area contributed by atoms with Gasteiger partial charge in [0.15, 0.2) is 0 Å². The van der Waals surface area contributed by atoms with Gasteiger partial charge in [0.05, 0.1) is 10.7 Å². The van der Waals surface area contributed by atoms with E-state index in [1.54, 1.807) is 17.5 Å². The predicted molar refractivity (Wildman–Crippen MR) is 76.0 cm³/mol. The van der Waals surface area contributed by atoms with Crippen molar-refractivity contribution in [2.24, 2.45) is 7.05 Å². The van der Waals surface area contributed by atoms with Gasteiger partial charge in [0, 0.05) is 29.1 Å². The van der Waals surface area contributed by atoms with Gasteiger partial charge < -0.3 is 5.73 Å². The molecule has 0 radical (unpaired) electrons. The van der Waals surface area contributed by atoms with Crippen molar-refractivity contribution in [2.75, 3.05) is 5.73 Å². The first kappa shape index (κ1) is 11.5. The topological polar surface area (TPSA) is 56.7 Å². The summed E-state index contributed by atoms with van der Waals surface area (Å²) in [7, 11) is 1.95. The zero-order valence-corrected chi connectivity index (χ0v) is 11.5. The maximum absolute atomic E-state index is 6.00. The Kier molecular flexibility index (Phi) is 2.53. The normalized spacial score (nSPS) is 11.3. The smallest absolute Gasteiger partial charge is 0.142 e. The molecule has 3 heterocycles. The summed E-state index contributed by atoms with van der Waals surface area (Å²) in [5, 5.41) is 6.04. The molecule has 18 heavy (non-hydrogen) atoms. The molecule has 3 aromatic rings. The van der Waals surface area contributed by atoms with Gasteiger partial charge in [0.1, 0.15) is 10.6 Å². The summed E-state index contributed by atoms with van der Waals surface area (Å²) in [6, 6.07) is 3.96. The standard InChI is InChI=1S/C12H11ClN4S/c1-6-8-4-10(18-12(8)17(2)16-6)7-3-9(13)11(14)15-5-7/h3-5H,1-2H3,(H2,14,15). The van der Waals surface area contributed by atoms with Crippen molar-refractivity contribution in [1.82, 2.24) is 14.8 Å². The maximum atomic E-state index is 6.00. The number of anilines is 1. The summed E-state index contributed by atoms with van der Waals surface area (Å²) in [4.78, 5) is 6.35. The van der Waals surface area contributed by atoms with Crippen molar-refractivity contribution in [3.05, 3.63) is 29.0 Å². The van der Waals surface area contributed by atoms with Crippen molar-refractivity contribution in [1.29, 1.82) is 0 Å². The zero-order valence-electron chi connectivity index (χ0n) is 9.94. The molecule has 0 saturated heterocycles. The molecule has 92 valence electrons. The molecule has 0 bridgehead atoms. The fourth-order valence-electron chi connectivity index (χ4n) is 1.93. The lowest BCUT2D eigenvalue weighted by Gasteiger charge is -2.00. The summed E-state index contributed by atoms with van der Waals surface area (Å²) >= 11 is 7.67. The zero-order chi connectivity index (χ0) is 12.9. The van der Waals surface area contributed by atoms with Crippen molar-refractivity contribution in [3.63, 3.8) is 0 Å². The minimum atomic E-state index is 0.361. The van der Waals surface area contributed by atoms with E-state index >= 15 is 0 Å². The average Bonchev–Trinajstić information content (AvgIpc) is 2.86. The molecule has 0 amide bonds. The number of pyridine rings is 1. The molecule has 0 aliphatic heterocycles. The third kappa shape index (κ3) is 1.67. The highest BCUT2D eigenvalue weighted by Crippen LogP contribution is 2.35. The third-order valence-electron chi connectivity index (χ3n) is 2.85. The van der Waals surface area contributed by atoms with Gasteiger partial charge in [0.2, 0.25) is 0 Å². The Morgan fingerprint density at radius 2 is 2.17 bits per heavy atom. The maximum Gasteiger partial charge on any atom is 0.142 e. The molecule has 0 saturated carbocycles. The van der Waals surface area contributed by atoms with Gasteiger partial charge in [-0.05, 0) is 19.1 Å². The fourth-order valence-corrected chi connectivity index (χ4v) is 3.20. The molecule has 3 aromatic heterocycles. The third-order valence-corrected chi connectivity index (χ3v) is 4.40. The molecule has 0 aromatic carbocycles. The molecular weight excluding hydrogens is 268 g/mol. The van der Waals surface area contributed by atoms with E-state index in [9.17, 15) is 0 Å². The lowest BCUT2D eigenvalue weighted by atomic mass is 10.2. The highest BCUT2D eigenvalue weighted by Gasteiger charge is 2.12. The number of aryl methyl sites for hydroxylation is 2. The van der Waals surface area contributed by atoms with Crippen LogP contribution in [0.1, 0.15) is 5.69 Å². The Balaban J connectivity index is 2.19. The van der Waals surface area contributed by atoms with Gasteiger partial charge in [-0.2, -0.15) is 5.10 Å². The lowest BCUT2D eigenvalue weighted by molar-refractivity contribution is 0.788. The van der Waals surface area contributed by atoms with Gasteiger partial charge in [0.25, 0.3) is 0 Å². The van der Waals surface area contributed by atoms with E-state index in [1.807, 2.05) is 24.7 Å². The number of hydrogen-bond acceptors (Lipinski definition) is 4. The second kappa shape index (κ2) is 3.96. The van der Waals surface area contributed by atoms with Crippen molar-refractivity contribution in [2.45, 2.75) is 6.92 Å². The summed E-state index contributed by atoms with van der Waals surface area (Å²) in [6.07, 6.45) is 1.74. The Morgan fingerprint density at radius 3 is 2.83 bits per heavy atom. The van der Waals surface area contributed by atoms with E-state index in [4.69, 9.17) is 17.3 Å². The largest absolute Gasteiger partial charge is 0.382 e. The Labute approximate surface area is 113 Å². The predicted octanol–water partition coefficient (Wildman–Crippen LogP) is 3.24. The second-order valence-electron chi connectivity index (χ2n) is 4.13. The van der Waals surface area contributed by atoms with Crippen LogP contribution in [0.3, 0.4) is 0 Å². The van der Waals surface area contributed by atoms with Gasteiger partial charge in [-0.25, -0.2) is 4.98 Å². The number of hydrogen-bond donors (Lipinski definition) is 1. The van der Waals surface area contributed by atoms with E-state index in [1.165, 1.54) is 5.39 Å². The van der Waals surface area contributed by atoms with Crippen LogP contribution in [0.4, 0.5) is 5.82 Å². The van der Waals surface area contributed by atoms with Crippen LogP contribution in [0.2, 0.25) is 5.02 Å². The minimum Gasteiger partial charge on any atom is -0.382 e. The molecule has 3 rings (SSSR count). The lowest BCUT2D eigenvalue weighted by Crippen LogP contribution is -1.90. The van der Waals surface area contributed by atoms with Crippen LogP contribution in [-0.4, -0.2) is 14.8 Å². The number of nitrogen functional groups attached to an aromatic ring is 1. The van der Waals surface area contributed by atoms with Crippen LogP contribution < -0.4 is 5.73 Å². The van der Waals surface area contributed by atoms with E-state index < -0.39 is 0 Å².